The molecule has 0 aliphatic heterocycles. The van der Waals surface area contributed by atoms with Gasteiger partial charge in [-0.05, 0) is 23.9 Å². The number of rotatable bonds is 2. The lowest BCUT2D eigenvalue weighted by Gasteiger charge is -2.07. The van der Waals surface area contributed by atoms with Crippen LogP contribution in [0.5, 0.6) is 0 Å². The van der Waals surface area contributed by atoms with Crippen LogP contribution >= 0.6 is 35.0 Å². The first-order valence-corrected chi connectivity index (χ1v) is 6.05. The number of nitrogen functional groups attached to an aromatic ring is 1. The van der Waals surface area contributed by atoms with E-state index in [1.807, 2.05) is 17.8 Å². The summed E-state index contributed by atoms with van der Waals surface area (Å²) in [4.78, 5) is 4.96. The third-order valence-corrected chi connectivity index (χ3v) is 4.03. The molecule has 6 heteroatoms. The van der Waals surface area contributed by atoms with E-state index in [9.17, 15) is 0 Å². The predicted octanol–water partition coefficient (Wildman–Crippen LogP) is 3.46. The largest absolute Gasteiger partial charge is 0.399 e. The van der Waals surface area contributed by atoms with Gasteiger partial charge in [0.15, 0.2) is 5.16 Å². The van der Waals surface area contributed by atoms with Crippen LogP contribution in [-0.2, 0) is 7.05 Å². The molecule has 1 aromatic carbocycles. The van der Waals surface area contributed by atoms with E-state index in [0.717, 1.165) is 10.1 Å². The molecule has 0 spiro atoms. The zero-order valence-electron chi connectivity index (χ0n) is 8.45. The van der Waals surface area contributed by atoms with E-state index in [1.54, 1.807) is 18.3 Å². The molecule has 1 heterocycles. The van der Waals surface area contributed by atoms with Crippen LogP contribution in [-0.4, -0.2) is 9.55 Å². The van der Waals surface area contributed by atoms with Gasteiger partial charge in [-0.15, -0.1) is 0 Å². The third kappa shape index (κ3) is 2.29. The Balaban J connectivity index is 2.39. The highest BCUT2D eigenvalue weighted by Gasteiger charge is 2.11. The smallest absolute Gasteiger partial charge is 0.172 e. The van der Waals surface area contributed by atoms with E-state index in [1.165, 1.54) is 11.8 Å². The molecular formula is C10H9Cl2N3S. The predicted molar refractivity (Wildman–Crippen MR) is 68.2 cm³/mol. The Kier molecular flexibility index (Phi) is 3.33. The van der Waals surface area contributed by atoms with Crippen LogP contribution in [0.1, 0.15) is 0 Å². The maximum absolute atomic E-state index is 6.08. The average molecular weight is 274 g/mol. The molecule has 0 aliphatic rings. The summed E-state index contributed by atoms with van der Waals surface area (Å²) in [6, 6.07) is 3.36. The first-order valence-electron chi connectivity index (χ1n) is 4.47. The molecule has 2 N–H and O–H groups in total. The normalized spacial score (nSPS) is 10.7. The van der Waals surface area contributed by atoms with Crippen molar-refractivity contribution in [1.29, 1.82) is 0 Å². The first kappa shape index (κ1) is 11.6. The highest BCUT2D eigenvalue weighted by Crippen LogP contribution is 2.39. The Morgan fingerprint density at radius 3 is 2.44 bits per heavy atom. The number of hydrogen-bond donors (Lipinski definition) is 1. The van der Waals surface area contributed by atoms with Gasteiger partial charge in [0.2, 0.25) is 0 Å². The fourth-order valence-electron chi connectivity index (χ4n) is 1.22. The van der Waals surface area contributed by atoms with Gasteiger partial charge in [-0.25, -0.2) is 4.98 Å². The molecule has 0 fully saturated rings. The Labute approximate surface area is 108 Å². The Morgan fingerprint density at radius 1 is 1.31 bits per heavy atom. The Hall–Kier alpha value is -0.840. The van der Waals surface area contributed by atoms with Gasteiger partial charge in [-0.1, -0.05) is 23.2 Å². The first-order chi connectivity index (χ1) is 7.58. The van der Waals surface area contributed by atoms with E-state index >= 15 is 0 Å². The van der Waals surface area contributed by atoms with Gasteiger partial charge in [0.1, 0.15) is 0 Å². The number of benzene rings is 1. The second-order valence-electron chi connectivity index (χ2n) is 3.24. The van der Waals surface area contributed by atoms with Crippen molar-refractivity contribution < 1.29 is 0 Å². The minimum atomic E-state index is 0.540. The second-order valence-corrected chi connectivity index (χ2v) is 5.03. The van der Waals surface area contributed by atoms with E-state index in [0.29, 0.717) is 15.7 Å². The molecule has 1 aromatic heterocycles. The number of halogens is 2. The van der Waals surface area contributed by atoms with Crippen molar-refractivity contribution in [3.05, 3.63) is 34.6 Å². The molecule has 3 nitrogen and oxygen atoms in total. The summed E-state index contributed by atoms with van der Waals surface area (Å²) in [5, 5.41) is 1.91. The summed E-state index contributed by atoms with van der Waals surface area (Å²) in [5.74, 6) is 0. The summed E-state index contributed by atoms with van der Waals surface area (Å²) in [5.41, 5.74) is 6.19. The van der Waals surface area contributed by atoms with Crippen molar-refractivity contribution in [2.75, 3.05) is 5.73 Å². The van der Waals surface area contributed by atoms with Gasteiger partial charge in [0, 0.05) is 25.1 Å². The van der Waals surface area contributed by atoms with Gasteiger partial charge in [0.05, 0.1) is 14.9 Å². The topological polar surface area (TPSA) is 43.8 Å². The highest BCUT2D eigenvalue weighted by atomic mass is 35.5. The van der Waals surface area contributed by atoms with Crippen molar-refractivity contribution in [1.82, 2.24) is 9.55 Å². The van der Waals surface area contributed by atoms with Crippen LogP contribution in [0.2, 0.25) is 10.0 Å². The monoisotopic (exact) mass is 273 g/mol. The molecule has 0 amide bonds. The number of aromatic nitrogens is 2. The van der Waals surface area contributed by atoms with Gasteiger partial charge in [-0.3, -0.25) is 0 Å². The molecular weight excluding hydrogens is 265 g/mol. The molecule has 84 valence electrons. The summed E-state index contributed by atoms with van der Waals surface area (Å²) in [7, 11) is 1.91. The van der Waals surface area contributed by atoms with Gasteiger partial charge in [-0.2, -0.15) is 0 Å². The maximum atomic E-state index is 6.08. The lowest BCUT2D eigenvalue weighted by Crippen LogP contribution is -1.91. The van der Waals surface area contributed by atoms with E-state index < -0.39 is 0 Å². The minimum Gasteiger partial charge on any atom is -0.399 e. The number of anilines is 1. The minimum absolute atomic E-state index is 0.540. The molecule has 16 heavy (non-hydrogen) atoms. The van der Waals surface area contributed by atoms with Gasteiger partial charge < -0.3 is 10.3 Å². The summed E-state index contributed by atoms with van der Waals surface area (Å²) < 4.78 is 1.90. The molecule has 0 radical (unpaired) electrons. The number of imidazole rings is 1. The van der Waals surface area contributed by atoms with Crippen LogP contribution in [0, 0.1) is 0 Å². The standard InChI is InChI=1S/C10H9Cl2N3S/c1-15-3-2-14-10(15)16-9-7(11)4-6(13)5-8(9)12/h2-5H,13H2,1H3. The van der Waals surface area contributed by atoms with Crippen LogP contribution < -0.4 is 5.73 Å². The summed E-state index contributed by atoms with van der Waals surface area (Å²) >= 11 is 13.6. The van der Waals surface area contributed by atoms with E-state index in [-0.39, 0.29) is 0 Å². The number of nitrogens with two attached hydrogens (primary N) is 1. The lowest BCUT2D eigenvalue weighted by molar-refractivity contribution is 0.790. The average Bonchev–Trinajstić information content (AvgIpc) is 2.57. The zero-order valence-corrected chi connectivity index (χ0v) is 10.8. The van der Waals surface area contributed by atoms with Gasteiger partial charge in [0.25, 0.3) is 0 Å². The van der Waals surface area contributed by atoms with Gasteiger partial charge >= 0.3 is 0 Å². The molecule has 0 saturated heterocycles. The molecule has 2 aromatic rings. The Bertz CT molecular complexity index is 502. The van der Waals surface area contributed by atoms with Crippen molar-refractivity contribution in [3.63, 3.8) is 0 Å². The third-order valence-electron chi connectivity index (χ3n) is 1.99. The molecule has 0 saturated carbocycles. The fourth-order valence-corrected chi connectivity index (χ4v) is 2.77. The van der Waals surface area contributed by atoms with Crippen molar-refractivity contribution in [2.24, 2.45) is 7.05 Å². The van der Waals surface area contributed by atoms with Crippen LogP contribution in [0.4, 0.5) is 5.69 Å². The Morgan fingerprint density at radius 2 is 1.94 bits per heavy atom. The van der Waals surface area contributed by atoms with Crippen LogP contribution in [0.3, 0.4) is 0 Å². The van der Waals surface area contributed by atoms with Crippen molar-refractivity contribution >= 4 is 40.7 Å². The van der Waals surface area contributed by atoms with Crippen LogP contribution in [0.25, 0.3) is 0 Å². The van der Waals surface area contributed by atoms with E-state index in [2.05, 4.69) is 4.98 Å². The number of nitrogens with zero attached hydrogens (tertiary/aromatic N) is 2. The molecule has 0 bridgehead atoms. The quantitative estimate of drug-likeness (QED) is 0.853. The molecule has 0 unspecified atom stereocenters. The fraction of sp³-hybridized carbons (Fsp3) is 0.100. The zero-order chi connectivity index (χ0) is 11.7. The maximum Gasteiger partial charge on any atom is 0.172 e. The molecule has 2 rings (SSSR count). The SMILES string of the molecule is Cn1ccnc1Sc1c(Cl)cc(N)cc1Cl. The van der Waals surface area contributed by atoms with Crippen molar-refractivity contribution in [3.8, 4) is 0 Å². The van der Waals surface area contributed by atoms with E-state index in [4.69, 9.17) is 28.9 Å². The van der Waals surface area contributed by atoms with Crippen LogP contribution in [0.15, 0.2) is 34.6 Å². The summed E-state index contributed by atoms with van der Waals surface area (Å²) in [6.07, 6.45) is 3.59. The number of hydrogen-bond acceptors (Lipinski definition) is 3. The highest BCUT2D eigenvalue weighted by molar-refractivity contribution is 7.99. The summed E-state index contributed by atoms with van der Waals surface area (Å²) in [6.45, 7) is 0. The lowest BCUT2D eigenvalue weighted by atomic mass is 10.3. The number of aryl methyl sites for hydroxylation is 1. The molecule has 0 atom stereocenters. The molecule has 0 aliphatic carbocycles. The second kappa shape index (κ2) is 4.57. The van der Waals surface area contributed by atoms with Crippen molar-refractivity contribution in [2.45, 2.75) is 10.1 Å².